The third-order valence-electron chi connectivity index (χ3n) is 6.36. The Kier molecular flexibility index (Phi) is 3.42. The van der Waals surface area contributed by atoms with Crippen LogP contribution in [0.3, 0.4) is 0 Å². The van der Waals surface area contributed by atoms with E-state index in [1.165, 1.54) is 0 Å². The predicted molar refractivity (Wildman–Crippen MR) is 83.3 cm³/mol. The maximum atomic E-state index is 11.8. The lowest BCUT2D eigenvalue weighted by Crippen LogP contribution is -2.54. The van der Waals surface area contributed by atoms with Gasteiger partial charge in [-0.3, -0.25) is 4.79 Å². The smallest absolute Gasteiger partial charge is 0.163 e. The van der Waals surface area contributed by atoms with Crippen molar-refractivity contribution in [2.45, 2.75) is 77.3 Å². The van der Waals surface area contributed by atoms with Gasteiger partial charge in [0.05, 0.1) is 12.2 Å². The van der Waals surface area contributed by atoms with Gasteiger partial charge in [0.2, 0.25) is 0 Å². The Hall–Kier alpha value is -0.710. The summed E-state index contributed by atoms with van der Waals surface area (Å²) in [5.74, 6) is -0.184. The van der Waals surface area contributed by atoms with Crippen LogP contribution in [-0.4, -0.2) is 34.5 Å². The Bertz CT molecular complexity index is 537. The van der Waals surface area contributed by atoms with Crippen molar-refractivity contribution in [1.29, 1.82) is 0 Å². The van der Waals surface area contributed by atoms with E-state index in [0.717, 1.165) is 12.0 Å². The third kappa shape index (κ3) is 2.19. The zero-order valence-corrected chi connectivity index (χ0v) is 14.4. The van der Waals surface area contributed by atoms with Gasteiger partial charge in [-0.25, -0.2) is 0 Å². The second-order valence-corrected chi connectivity index (χ2v) is 8.28. The molecule has 22 heavy (non-hydrogen) atoms. The zero-order valence-electron chi connectivity index (χ0n) is 14.4. The van der Waals surface area contributed by atoms with E-state index in [4.69, 9.17) is 9.47 Å². The largest absolute Gasteiger partial charge is 0.387 e. The van der Waals surface area contributed by atoms with Gasteiger partial charge >= 0.3 is 0 Å². The van der Waals surface area contributed by atoms with Gasteiger partial charge in [0.1, 0.15) is 5.60 Å². The fraction of sp³-hybridized carbons (Fsp3) is 0.833. The first-order valence-electron chi connectivity index (χ1n) is 8.30. The van der Waals surface area contributed by atoms with Crippen molar-refractivity contribution in [3.05, 3.63) is 11.6 Å². The van der Waals surface area contributed by atoms with Gasteiger partial charge in [-0.05, 0) is 64.4 Å². The number of hydrogen-bond donors (Lipinski definition) is 1. The Morgan fingerprint density at radius 2 is 1.95 bits per heavy atom. The first kappa shape index (κ1) is 16.2. The summed E-state index contributed by atoms with van der Waals surface area (Å²) in [5.41, 5.74) is -0.567. The molecule has 4 atom stereocenters. The summed E-state index contributed by atoms with van der Waals surface area (Å²) in [6, 6.07) is 0. The number of aliphatic hydroxyl groups is 1. The molecule has 0 bridgehead atoms. The van der Waals surface area contributed by atoms with Crippen molar-refractivity contribution < 1.29 is 19.4 Å². The molecule has 4 nitrogen and oxygen atoms in total. The van der Waals surface area contributed by atoms with Crippen molar-refractivity contribution in [1.82, 2.24) is 0 Å². The molecule has 1 N–H and O–H groups in total. The van der Waals surface area contributed by atoms with Crippen LogP contribution >= 0.6 is 0 Å². The molecule has 1 heterocycles. The number of carbonyl (C=O) groups excluding carboxylic acids is 1. The fourth-order valence-corrected chi connectivity index (χ4v) is 4.81. The predicted octanol–water partition coefficient (Wildman–Crippen LogP) is 2.98. The lowest BCUT2D eigenvalue weighted by molar-refractivity contribution is -0.208. The van der Waals surface area contributed by atoms with E-state index < -0.39 is 17.0 Å². The highest BCUT2D eigenvalue weighted by atomic mass is 16.8. The van der Waals surface area contributed by atoms with Crippen LogP contribution in [0.1, 0.15) is 60.3 Å². The Morgan fingerprint density at radius 1 is 1.27 bits per heavy atom. The van der Waals surface area contributed by atoms with Crippen LogP contribution in [0.25, 0.3) is 0 Å². The molecule has 0 amide bonds. The molecule has 0 aromatic carbocycles. The highest BCUT2D eigenvalue weighted by Crippen LogP contribution is 2.60. The molecule has 0 aromatic heterocycles. The van der Waals surface area contributed by atoms with Crippen molar-refractivity contribution >= 4 is 5.78 Å². The Morgan fingerprint density at radius 3 is 2.50 bits per heavy atom. The standard InChI is InChI=1S/C18H28O4/c1-12-8-14(19)9-13(2)17(12)6-7-18(20,10-17)16(5)11-21-15(3,4)22-16/h8,13,20H,6-7,9-11H2,1-5H3/t13-,16+,17-,18+/m1/s1. The molecule has 124 valence electrons. The molecule has 1 saturated carbocycles. The lowest BCUT2D eigenvalue weighted by atomic mass is 9.63. The summed E-state index contributed by atoms with van der Waals surface area (Å²) < 4.78 is 11.8. The minimum atomic E-state index is -0.912. The van der Waals surface area contributed by atoms with Crippen LogP contribution in [0.4, 0.5) is 0 Å². The van der Waals surface area contributed by atoms with Crippen LogP contribution in [-0.2, 0) is 14.3 Å². The second-order valence-electron chi connectivity index (χ2n) is 8.28. The average molecular weight is 308 g/mol. The quantitative estimate of drug-likeness (QED) is 0.809. The molecule has 1 aliphatic heterocycles. The summed E-state index contributed by atoms with van der Waals surface area (Å²) in [4.78, 5) is 11.8. The summed E-state index contributed by atoms with van der Waals surface area (Å²) in [6.45, 7) is 10.3. The first-order valence-corrected chi connectivity index (χ1v) is 8.30. The normalized spacial score (nSPS) is 48.0. The highest BCUT2D eigenvalue weighted by Gasteiger charge is 2.63. The van der Waals surface area contributed by atoms with Crippen LogP contribution in [0, 0.1) is 11.3 Å². The molecular formula is C18H28O4. The SMILES string of the molecule is CC1=CC(=O)C[C@@H](C)[C@@]12CC[C@@](O)([C@]1(C)COC(C)(C)O1)C2. The van der Waals surface area contributed by atoms with Crippen molar-refractivity contribution in [2.24, 2.45) is 11.3 Å². The maximum absolute atomic E-state index is 11.8. The topological polar surface area (TPSA) is 55.8 Å². The van der Waals surface area contributed by atoms with E-state index in [-0.39, 0.29) is 17.1 Å². The van der Waals surface area contributed by atoms with Gasteiger partial charge in [0.15, 0.2) is 11.6 Å². The van der Waals surface area contributed by atoms with Gasteiger partial charge in [0.25, 0.3) is 0 Å². The Balaban J connectivity index is 1.91. The van der Waals surface area contributed by atoms with Gasteiger partial charge in [-0.15, -0.1) is 0 Å². The number of carbonyl (C=O) groups is 1. The molecule has 0 radical (unpaired) electrons. The fourth-order valence-electron chi connectivity index (χ4n) is 4.81. The van der Waals surface area contributed by atoms with Crippen LogP contribution < -0.4 is 0 Å². The maximum Gasteiger partial charge on any atom is 0.163 e. The number of ketones is 1. The van der Waals surface area contributed by atoms with E-state index in [1.54, 1.807) is 6.08 Å². The van der Waals surface area contributed by atoms with Crippen molar-refractivity contribution in [3.8, 4) is 0 Å². The van der Waals surface area contributed by atoms with Crippen LogP contribution in [0.15, 0.2) is 11.6 Å². The molecule has 0 unspecified atom stereocenters. The van der Waals surface area contributed by atoms with Gasteiger partial charge in [0, 0.05) is 6.42 Å². The minimum absolute atomic E-state index is 0.0816. The molecule has 1 spiro atoms. The van der Waals surface area contributed by atoms with Gasteiger partial charge < -0.3 is 14.6 Å². The molecule has 1 saturated heterocycles. The summed E-state index contributed by atoms with van der Waals surface area (Å²) >= 11 is 0. The molecule has 3 rings (SSSR count). The lowest BCUT2D eigenvalue weighted by Gasteiger charge is -2.44. The van der Waals surface area contributed by atoms with E-state index in [1.807, 2.05) is 27.7 Å². The third-order valence-corrected chi connectivity index (χ3v) is 6.36. The molecule has 4 heteroatoms. The van der Waals surface area contributed by atoms with Crippen molar-refractivity contribution in [2.75, 3.05) is 6.61 Å². The van der Waals surface area contributed by atoms with Crippen LogP contribution in [0.2, 0.25) is 0 Å². The highest BCUT2D eigenvalue weighted by molar-refractivity contribution is 5.91. The van der Waals surface area contributed by atoms with E-state index in [2.05, 4.69) is 6.92 Å². The number of rotatable bonds is 1. The second kappa shape index (κ2) is 4.65. The Labute approximate surface area is 132 Å². The van der Waals surface area contributed by atoms with Gasteiger partial charge in [-0.2, -0.15) is 0 Å². The molecular weight excluding hydrogens is 280 g/mol. The molecule has 2 aliphatic carbocycles. The van der Waals surface area contributed by atoms with E-state index in [9.17, 15) is 9.90 Å². The molecule has 3 aliphatic rings. The van der Waals surface area contributed by atoms with Gasteiger partial charge in [-0.1, -0.05) is 12.5 Å². The van der Waals surface area contributed by atoms with Crippen LogP contribution in [0.5, 0.6) is 0 Å². The summed E-state index contributed by atoms with van der Waals surface area (Å²) in [7, 11) is 0. The molecule has 0 aromatic rings. The monoisotopic (exact) mass is 308 g/mol. The van der Waals surface area contributed by atoms with Crippen molar-refractivity contribution in [3.63, 3.8) is 0 Å². The summed E-state index contributed by atoms with van der Waals surface area (Å²) in [6.07, 6.45) is 4.59. The zero-order chi connectivity index (χ0) is 16.4. The number of hydrogen-bond acceptors (Lipinski definition) is 4. The number of ether oxygens (including phenoxy) is 2. The van der Waals surface area contributed by atoms with E-state index in [0.29, 0.717) is 25.9 Å². The average Bonchev–Trinajstić information content (AvgIpc) is 2.89. The molecule has 2 fully saturated rings. The first-order chi connectivity index (χ1) is 10.0. The van der Waals surface area contributed by atoms with E-state index >= 15 is 0 Å². The number of allylic oxidation sites excluding steroid dienone is 2. The minimum Gasteiger partial charge on any atom is -0.387 e. The summed E-state index contributed by atoms with van der Waals surface area (Å²) in [5, 5.41) is 11.4.